The van der Waals surface area contributed by atoms with Crippen molar-refractivity contribution in [3.05, 3.63) is 184 Å². The van der Waals surface area contributed by atoms with Crippen molar-refractivity contribution in [2.24, 2.45) is 0 Å². The summed E-state index contributed by atoms with van der Waals surface area (Å²) in [5, 5.41) is 19.4. The maximum absolute atomic E-state index is 14.8. The minimum atomic E-state index is -4.66. The fourth-order valence-electron chi connectivity index (χ4n) is 6.43. The number of hydrogen-bond acceptors (Lipinski definition) is 15. The van der Waals surface area contributed by atoms with Gasteiger partial charge in [0, 0.05) is 31.4 Å². The van der Waals surface area contributed by atoms with Crippen LogP contribution < -0.4 is 15.7 Å². The van der Waals surface area contributed by atoms with E-state index in [2.05, 4.69) is 15.7 Å². The molecule has 4 unspecified atom stereocenters. The topological polar surface area (TPSA) is 237 Å². The second-order valence-electron chi connectivity index (χ2n) is 15.5. The van der Waals surface area contributed by atoms with E-state index in [0.29, 0.717) is 16.7 Å². The molecule has 0 saturated carbocycles. The fourth-order valence-corrected chi connectivity index (χ4v) is 7.94. The Morgan fingerprint density at radius 3 is 1.41 bits per heavy atom. The van der Waals surface area contributed by atoms with Crippen molar-refractivity contribution in [3.63, 3.8) is 0 Å². The highest BCUT2D eigenvalue weighted by Crippen LogP contribution is 2.46. The molecule has 0 aliphatic rings. The lowest BCUT2D eigenvalue weighted by Crippen LogP contribution is -2.44. The number of rotatable bonds is 29. The predicted molar refractivity (Wildman–Crippen MR) is 251 cm³/mol. The number of nitrogens with zero attached hydrogens (tertiary/aromatic N) is 1. The Kier molecular flexibility index (Phi) is 21.7. The standard InChI is InChI=1S/C50H55N4O14P/c1-51-43(48(57)64-33-38-16-8-3-9-17-38)26-28-46(55)52-44(49(58)65-34-39-18-10-4-11-19-39)30-31-67-69(62,68-36-41-22-24-42(25-23-41)54(60)61)53-45(50(59)66-35-40-20-12-5-13-21-40)27-29-47(56)63-32-37-14-6-2-7-15-37/h2-25,43-45,51H,26-36H2,1H3,(H,52,55)(H,53,62). The van der Waals surface area contributed by atoms with Gasteiger partial charge in [-0.3, -0.25) is 38.3 Å². The van der Waals surface area contributed by atoms with Gasteiger partial charge in [0.05, 0.1) is 18.1 Å². The molecular weight excluding hydrogens is 912 g/mol. The second kappa shape index (κ2) is 28.3. The molecule has 5 rings (SSSR count). The van der Waals surface area contributed by atoms with Gasteiger partial charge in [0.2, 0.25) is 5.91 Å². The lowest BCUT2D eigenvalue weighted by Gasteiger charge is -2.25. The molecule has 3 N–H and O–H groups in total. The van der Waals surface area contributed by atoms with E-state index < -0.39 is 73.8 Å². The van der Waals surface area contributed by atoms with Crippen LogP contribution in [0.25, 0.3) is 0 Å². The summed E-state index contributed by atoms with van der Waals surface area (Å²) in [7, 11) is -3.11. The van der Waals surface area contributed by atoms with Gasteiger partial charge in [-0.2, -0.15) is 0 Å². The zero-order valence-electron chi connectivity index (χ0n) is 38.0. The van der Waals surface area contributed by atoms with Gasteiger partial charge in [-0.25, -0.2) is 14.4 Å². The summed E-state index contributed by atoms with van der Waals surface area (Å²) in [6.45, 7) is -1.27. The summed E-state index contributed by atoms with van der Waals surface area (Å²) in [5.74, 6) is -3.62. The SMILES string of the molecule is CNC(CCC(=O)NC(CCOP(=O)(NC(CCC(=O)OCc1ccccc1)C(=O)OCc1ccccc1)OCc1ccc([N+](=O)[O-])cc1)C(=O)OCc1ccccc1)C(=O)OCc1ccccc1. The lowest BCUT2D eigenvalue weighted by molar-refractivity contribution is -0.384. The van der Waals surface area contributed by atoms with Gasteiger partial charge in [-0.15, -0.1) is 0 Å². The van der Waals surface area contributed by atoms with Crippen LogP contribution in [-0.2, 0) is 89.6 Å². The van der Waals surface area contributed by atoms with E-state index in [1.54, 1.807) is 92.0 Å². The van der Waals surface area contributed by atoms with E-state index in [4.69, 9.17) is 28.0 Å². The second-order valence-corrected chi connectivity index (χ2v) is 17.2. The van der Waals surface area contributed by atoms with Crippen molar-refractivity contribution in [2.75, 3.05) is 13.7 Å². The summed E-state index contributed by atoms with van der Waals surface area (Å²) in [6.07, 6.45) is -1.14. The molecule has 0 saturated heterocycles. The van der Waals surface area contributed by atoms with E-state index in [1.165, 1.54) is 24.3 Å². The summed E-state index contributed by atoms with van der Waals surface area (Å²) in [5.41, 5.74) is 2.98. The molecule has 0 aliphatic heterocycles. The van der Waals surface area contributed by atoms with Crippen LogP contribution in [0.1, 0.15) is 59.9 Å². The molecule has 0 bridgehead atoms. The van der Waals surface area contributed by atoms with Gasteiger partial charge < -0.3 is 29.6 Å². The Bertz CT molecular complexity index is 2450. The van der Waals surface area contributed by atoms with Gasteiger partial charge in [0.15, 0.2) is 0 Å². The van der Waals surface area contributed by atoms with Crippen LogP contribution in [0, 0.1) is 10.1 Å². The zero-order chi connectivity index (χ0) is 49.3. The van der Waals surface area contributed by atoms with Crippen molar-refractivity contribution in [3.8, 4) is 0 Å². The van der Waals surface area contributed by atoms with Crippen LogP contribution >= 0.6 is 7.75 Å². The van der Waals surface area contributed by atoms with Crippen molar-refractivity contribution < 1.29 is 61.5 Å². The largest absolute Gasteiger partial charge is 0.461 e. The number of amides is 1. The molecule has 0 spiro atoms. The first-order valence-corrected chi connectivity index (χ1v) is 23.6. The molecule has 0 radical (unpaired) electrons. The summed E-state index contributed by atoms with van der Waals surface area (Å²) in [4.78, 5) is 77.3. The van der Waals surface area contributed by atoms with E-state index in [-0.39, 0.29) is 64.2 Å². The molecule has 0 heterocycles. The highest BCUT2D eigenvalue weighted by atomic mass is 31.2. The van der Waals surface area contributed by atoms with Gasteiger partial charge in [-0.1, -0.05) is 121 Å². The van der Waals surface area contributed by atoms with Crippen LogP contribution in [-0.4, -0.2) is 66.5 Å². The number of carbonyl (C=O) groups is 5. The van der Waals surface area contributed by atoms with Gasteiger partial charge in [0.1, 0.15) is 44.6 Å². The van der Waals surface area contributed by atoms with Crippen molar-refractivity contribution >= 4 is 43.2 Å². The molecule has 19 heteroatoms. The molecule has 18 nitrogen and oxygen atoms in total. The maximum Gasteiger partial charge on any atom is 0.406 e. The highest BCUT2D eigenvalue weighted by Gasteiger charge is 2.35. The number of likely N-dealkylation sites (N-methyl/N-ethyl adjacent to an activating group) is 1. The van der Waals surface area contributed by atoms with Crippen molar-refractivity contribution in [1.82, 2.24) is 15.7 Å². The molecule has 0 aromatic heterocycles. The number of esters is 4. The number of nitrogens with one attached hydrogen (secondary N) is 3. The third-order valence-corrected chi connectivity index (χ3v) is 11.9. The molecule has 0 aliphatic carbocycles. The first kappa shape index (κ1) is 52.9. The van der Waals surface area contributed by atoms with E-state index >= 15 is 0 Å². The molecular formula is C50H55N4O14P. The zero-order valence-corrected chi connectivity index (χ0v) is 38.9. The van der Waals surface area contributed by atoms with Gasteiger partial charge in [-0.05, 0) is 59.8 Å². The first-order chi connectivity index (χ1) is 33.4. The number of non-ortho nitro benzene ring substituents is 1. The number of benzene rings is 5. The predicted octanol–water partition coefficient (Wildman–Crippen LogP) is 7.19. The Labute approximate surface area is 399 Å². The van der Waals surface area contributed by atoms with E-state index in [1.807, 2.05) is 36.4 Å². The number of nitro benzene ring substituents is 1. The summed E-state index contributed by atoms with van der Waals surface area (Å²) in [6, 6.07) is 37.1. The monoisotopic (exact) mass is 966 g/mol. The number of hydrogen-bond donors (Lipinski definition) is 3. The third-order valence-electron chi connectivity index (χ3n) is 10.3. The van der Waals surface area contributed by atoms with Crippen molar-refractivity contribution in [2.45, 2.75) is 83.3 Å². The molecule has 69 heavy (non-hydrogen) atoms. The quantitative estimate of drug-likeness (QED) is 0.0141. The Balaban J connectivity index is 1.31. The number of carbonyl (C=O) groups excluding carboxylic acids is 5. The number of nitro groups is 1. The average Bonchev–Trinajstić information content (AvgIpc) is 3.37. The Hall–Kier alpha value is -7.08. The highest BCUT2D eigenvalue weighted by molar-refractivity contribution is 7.51. The third kappa shape index (κ3) is 19.2. The minimum absolute atomic E-state index is 0.00933. The van der Waals surface area contributed by atoms with Crippen molar-refractivity contribution in [1.29, 1.82) is 0 Å². The number of ether oxygens (including phenoxy) is 4. The molecule has 0 fully saturated rings. The van der Waals surface area contributed by atoms with Crippen LogP contribution in [0.5, 0.6) is 0 Å². The normalized spacial score (nSPS) is 13.1. The van der Waals surface area contributed by atoms with E-state index in [0.717, 1.165) is 11.1 Å². The molecule has 1 amide bonds. The minimum Gasteiger partial charge on any atom is -0.461 e. The molecule has 5 aromatic rings. The van der Waals surface area contributed by atoms with Crippen LogP contribution in [0.4, 0.5) is 5.69 Å². The summed E-state index contributed by atoms with van der Waals surface area (Å²) >= 11 is 0. The van der Waals surface area contributed by atoms with Gasteiger partial charge >= 0.3 is 31.6 Å². The molecule has 4 atom stereocenters. The molecule has 5 aromatic carbocycles. The average molecular weight is 967 g/mol. The lowest BCUT2D eigenvalue weighted by atomic mass is 10.1. The van der Waals surface area contributed by atoms with Gasteiger partial charge in [0.25, 0.3) is 5.69 Å². The summed E-state index contributed by atoms with van der Waals surface area (Å²) < 4.78 is 48.5. The maximum atomic E-state index is 14.8. The fraction of sp³-hybridized carbons (Fsp3) is 0.300. The van der Waals surface area contributed by atoms with E-state index in [9.17, 15) is 38.7 Å². The first-order valence-electron chi connectivity index (χ1n) is 22.1. The Morgan fingerprint density at radius 1 is 0.522 bits per heavy atom. The molecule has 364 valence electrons. The smallest absolute Gasteiger partial charge is 0.406 e. The van der Waals surface area contributed by atoms with Crippen LogP contribution in [0.2, 0.25) is 0 Å². The van der Waals surface area contributed by atoms with Crippen LogP contribution in [0.3, 0.4) is 0 Å². The Morgan fingerprint density at radius 2 is 0.942 bits per heavy atom. The van der Waals surface area contributed by atoms with Crippen LogP contribution in [0.15, 0.2) is 146 Å².